The van der Waals surface area contributed by atoms with Crippen LogP contribution in [0.3, 0.4) is 0 Å². The quantitative estimate of drug-likeness (QED) is 0.805. The maximum absolute atomic E-state index is 11.5. The van der Waals surface area contributed by atoms with Crippen LogP contribution in [0.1, 0.15) is 48.0 Å². The van der Waals surface area contributed by atoms with Crippen molar-refractivity contribution in [2.45, 2.75) is 59.6 Å². The van der Waals surface area contributed by atoms with Crippen LogP contribution in [0.25, 0.3) is 0 Å². The van der Waals surface area contributed by atoms with Gasteiger partial charge in [0.1, 0.15) is 5.60 Å². The third kappa shape index (κ3) is 7.26. The monoisotopic (exact) mass is 229 g/mol. The molecule has 0 unspecified atom stereocenters. The van der Waals surface area contributed by atoms with E-state index >= 15 is 0 Å². The molecule has 0 spiro atoms. The smallest absolute Gasteiger partial charge is 0.408 e. The molecule has 0 heterocycles. The van der Waals surface area contributed by atoms with Crippen molar-refractivity contribution in [2.75, 3.05) is 0 Å². The van der Waals surface area contributed by atoms with E-state index < -0.39 is 17.7 Å². The SMILES string of the molecule is CC(=O)[C@H](CC(C)C)NC(=O)OC(C)(C)C. The van der Waals surface area contributed by atoms with Crippen molar-refractivity contribution >= 4 is 11.9 Å². The molecule has 1 atom stereocenters. The van der Waals surface area contributed by atoms with Crippen molar-refractivity contribution in [1.29, 1.82) is 0 Å². The van der Waals surface area contributed by atoms with E-state index in [0.29, 0.717) is 12.3 Å². The summed E-state index contributed by atoms with van der Waals surface area (Å²) in [6, 6.07) is -0.449. The lowest BCUT2D eigenvalue weighted by molar-refractivity contribution is -0.119. The molecule has 0 radical (unpaired) electrons. The summed E-state index contributed by atoms with van der Waals surface area (Å²) in [6.45, 7) is 10.9. The van der Waals surface area contributed by atoms with Gasteiger partial charge in [0.25, 0.3) is 0 Å². The fraction of sp³-hybridized carbons (Fsp3) is 0.833. The zero-order valence-electron chi connectivity index (χ0n) is 11.1. The van der Waals surface area contributed by atoms with Gasteiger partial charge in [-0.1, -0.05) is 13.8 Å². The van der Waals surface area contributed by atoms with Gasteiger partial charge in [-0.05, 0) is 40.0 Å². The zero-order chi connectivity index (χ0) is 12.9. The summed E-state index contributed by atoms with van der Waals surface area (Å²) in [5, 5.41) is 2.59. The minimum absolute atomic E-state index is 0.0421. The summed E-state index contributed by atoms with van der Waals surface area (Å²) < 4.78 is 5.10. The molecular weight excluding hydrogens is 206 g/mol. The molecule has 94 valence electrons. The summed E-state index contributed by atoms with van der Waals surface area (Å²) in [6.07, 6.45) is 0.0996. The molecule has 0 aliphatic carbocycles. The molecule has 1 N–H and O–H groups in total. The van der Waals surface area contributed by atoms with Crippen LogP contribution in [-0.4, -0.2) is 23.5 Å². The number of hydrogen-bond donors (Lipinski definition) is 1. The van der Waals surface area contributed by atoms with Crippen LogP contribution in [0.5, 0.6) is 0 Å². The number of nitrogens with one attached hydrogen (secondary N) is 1. The number of Topliss-reactive ketones (excluding diaryl/α,β-unsaturated/α-hetero) is 1. The second-order valence-electron chi connectivity index (χ2n) is 5.44. The van der Waals surface area contributed by atoms with Crippen LogP contribution < -0.4 is 5.32 Å². The maximum Gasteiger partial charge on any atom is 0.408 e. The number of rotatable bonds is 4. The highest BCUT2D eigenvalue weighted by atomic mass is 16.6. The molecule has 0 rings (SSSR count). The molecule has 4 nitrogen and oxygen atoms in total. The second-order valence-corrected chi connectivity index (χ2v) is 5.44. The predicted octanol–water partition coefficient (Wildman–Crippen LogP) is 2.51. The Morgan fingerprint density at radius 3 is 2.06 bits per heavy atom. The Morgan fingerprint density at radius 2 is 1.75 bits per heavy atom. The molecule has 16 heavy (non-hydrogen) atoms. The van der Waals surface area contributed by atoms with Gasteiger partial charge in [-0.15, -0.1) is 0 Å². The topological polar surface area (TPSA) is 55.4 Å². The number of amides is 1. The van der Waals surface area contributed by atoms with Gasteiger partial charge in [-0.3, -0.25) is 4.79 Å². The Balaban J connectivity index is 4.30. The van der Waals surface area contributed by atoms with Crippen LogP contribution in [0.15, 0.2) is 0 Å². The Kier molecular flexibility index (Phi) is 5.48. The van der Waals surface area contributed by atoms with Gasteiger partial charge >= 0.3 is 6.09 Å². The second kappa shape index (κ2) is 5.87. The summed E-state index contributed by atoms with van der Waals surface area (Å²) >= 11 is 0. The van der Waals surface area contributed by atoms with Crippen molar-refractivity contribution in [1.82, 2.24) is 5.32 Å². The average Bonchev–Trinajstić information content (AvgIpc) is 1.97. The van der Waals surface area contributed by atoms with Gasteiger partial charge in [0.15, 0.2) is 5.78 Å². The van der Waals surface area contributed by atoms with Crippen molar-refractivity contribution < 1.29 is 14.3 Å². The highest BCUT2D eigenvalue weighted by molar-refractivity contribution is 5.85. The number of hydrogen-bond acceptors (Lipinski definition) is 3. The van der Waals surface area contributed by atoms with E-state index in [9.17, 15) is 9.59 Å². The fourth-order valence-corrected chi connectivity index (χ4v) is 1.25. The van der Waals surface area contributed by atoms with Gasteiger partial charge in [0.05, 0.1) is 6.04 Å². The van der Waals surface area contributed by atoms with E-state index in [0.717, 1.165) is 0 Å². The van der Waals surface area contributed by atoms with Crippen LogP contribution in [0, 0.1) is 5.92 Å². The minimum atomic E-state index is -0.538. The molecule has 1 amide bonds. The van der Waals surface area contributed by atoms with E-state index in [1.807, 2.05) is 13.8 Å². The first kappa shape index (κ1) is 14.9. The summed E-state index contributed by atoms with van der Waals surface area (Å²) in [5.41, 5.74) is -0.538. The third-order valence-electron chi connectivity index (χ3n) is 1.89. The molecule has 0 aromatic rings. The first-order valence-electron chi connectivity index (χ1n) is 5.62. The van der Waals surface area contributed by atoms with Crippen molar-refractivity contribution in [2.24, 2.45) is 5.92 Å². The van der Waals surface area contributed by atoms with Gasteiger partial charge in [-0.2, -0.15) is 0 Å². The molecule has 4 heteroatoms. The molecule has 0 aliphatic rings. The standard InChI is InChI=1S/C12H23NO3/c1-8(2)7-10(9(3)14)13-11(15)16-12(4,5)6/h8,10H,7H2,1-6H3,(H,13,15)/t10-/m0/s1. The summed E-state index contributed by atoms with van der Waals surface area (Å²) in [4.78, 5) is 22.8. The van der Waals surface area contributed by atoms with Gasteiger partial charge in [-0.25, -0.2) is 4.79 Å². The van der Waals surface area contributed by atoms with E-state index in [1.54, 1.807) is 20.8 Å². The highest BCUT2D eigenvalue weighted by Crippen LogP contribution is 2.09. The molecule has 0 saturated carbocycles. The van der Waals surface area contributed by atoms with Crippen molar-refractivity contribution in [3.8, 4) is 0 Å². The third-order valence-corrected chi connectivity index (χ3v) is 1.89. The van der Waals surface area contributed by atoms with Gasteiger partial charge in [0, 0.05) is 0 Å². The molecular formula is C12H23NO3. The Morgan fingerprint density at radius 1 is 1.25 bits per heavy atom. The number of ketones is 1. The number of carbonyl (C=O) groups is 2. The number of alkyl carbamates (subject to hydrolysis) is 1. The first-order chi connectivity index (χ1) is 7.11. The summed E-state index contributed by atoms with van der Waals surface area (Å²) in [5.74, 6) is 0.309. The molecule has 0 saturated heterocycles. The van der Waals surface area contributed by atoms with E-state index in [1.165, 1.54) is 6.92 Å². The average molecular weight is 229 g/mol. The van der Waals surface area contributed by atoms with Crippen LogP contribution in [0.4, 0.5) is 4.79 Å². The van der Waals surface area contributed by atoms with E-state index in [2.05, 4.69) is 5.32 Å². The maximum atomic E-state index is 11.5. The fourth-order valence-electron chi connectivity index (χ4n) is 1.25. The lowest BCUT2D eigenvalue weighted by Gasteiger charge is -2.23. The van der Waals surface area contributed by atoms with Crippen molar-refractivity contribution in [3.05, 3.63) is 0 Å². The Labute approximate surface area is 97.7 Å². The largest absolute Gasteiger partial charge is 0.444 e. The normalized spacial score (nSPS) is 13.4. The lowest BCUT2D eigenvalue weighted by Crippen LogP contribution is -2.43. The zero-order valence-corrected chi connectivity index (χ0v) is 11.1. The molecule has 0 aromatic heterocycles. The van der Waals surface area contributed by atoms with Crippen molar-refractivity contribution in [3.63, 3.8) is 0 Å². The van der Waals surface area contributed by atoms with Gasteiger partial charge in [0.2, 0.25) is 0 Å². The molecule has 0 fully saturated rings. The number of ether oxygens (including phenoxy) is 1. The summed E-state index contributed by atoms with van der Waals surface area (Å²) in [7, 11) is 0. The predicted molar refractivity (Wildman–Crippen MR) is 63.3 cm³/mol. The Hall–Kier alpha value is -1.06. The minimum Gasteiger partial charge on any atom is -0.444 e. The molecule has 0 bridgehead atoms. The first-order valence-corrected chi connectivity index (χ1v) is 5.62. The van der Waals surface area contributed by atoms with Gasteiger partial charge < -0.3 is 10.1 Å². The van der Waals surface area contributed by atoms with E-state index in [-0.39, 0.29) is 5.78 Å². The Bertz CT molecular complexity index is 253. The molecule has 0 aliphatic heterocycles. The highest BCUT2D eigenvalue weighted by Gasteiger charge is 2.22. The lowest BCUT2D eigenvalue weighted by atomic mass is 10.0. The number of carbonyl (C=O) groups excluding carboxylic acids is 2. The molecule has 0 aromatic carbocycles. The van der Waals surface area contributed by atoms with Crippen LogP contribution >= 0.6 is 0 Å². The van der Waals surface area contributed by atoms with Crippen LogP contribution in [-0.2, 0) is 9.53 Å². The van der Waals surface area contributed by atoms with E-state index in [4.69, 9.17) is 4.74 Å². The van der Waals surface area contributed by atoms with Crippen LogP contribution in [0.2, 0.25) is 0 Å².